The highest BCUT2D eigenvalue weighted by molar-refractivity contribution is 5.82. The Balaban J connectivity index is 1.37. The van der Waals surface area contributed by atoms with E-state index in [9.17, 15) is 9.90 Å². The van der Waals surface area contributed by atoms with Crippen molar-refractivity contribution in [1.29, 1.82) is 5.26 Å². The molecule has 0 spiro atoms. The predicted octanol–water partition coefficient (Wildman–Crippen LogP) is 4.98. The van der Waals surface area contributed by atoms with E-state index >= 15 is 0 Å². The van der Waals surface area contributed by atoms with Crippen molar-refractivity contribution in [3.05, 3.63) is 18.0 Å². The minimum absolute atomic E-state index is 0.0756. The van der Waals surface area contributed by atoms with Gasteiger partial charge in [-0.15, -0.1) is 0 Å². The molecule has 174 valence electrons. The molecule has 32 heavy (non-hydrogen) atoms. The molecule has 1 N–H and O–H groups in total. The van der Waals surface area contributed by atoms with Crippen LogP contribution in [0, 0.1) is 57.7 Å². The molecule has 4 saturated carbocycles. The zero-order valence-corrected chi connectivity index (χ0v) is 20.2. The molecule has 4 fully saturated rings. The Labute approximate surface area is 192 Å². The van der Waals surface area contributed by atoms with Gasteiger partial charge in [0.25, 0.3) is 0 Å². The summed E-state index contributed by atoms with van der Waals surface area (Å²) in [6.07, 6.45) is 12.3. The maximum absolute atomic E-state index is 13.5. The molecule has 4 aliphatic carbocycles. The van der Waals surface area contributed by atoms with Crippen LogP contribution in [0.25, 0.3) is 0 Å². The monoisotopic (exact) mass is 437 g/mol. The first-order chi connectivity index (χ1) is 15.1. The summed E-state index contributed by atoms with van der Waals surface area (Å²) in [6, 6.07) is 2.10. The number of Topliss-reactive ketones (excluding diaryl/α,β-unsaturated/α-hetero) is 1. The molecule has 0 bridgehead atoms. The van der Waals surface area contributed by atoms with Gasteiger partial charge < -0.3 is 5.11 Å². The number of carbonyl (C=O) groups is 1. The van der Waals surface area contributed by atoms with Gasteiger partial charge in [0.2, 0.25) is 0 Å². The lowest BCUT2D eigenvalue weighted by Gasteiger charge is -2.61. The number of rotatable bonds is 3. The molecule has 9 atom stereocenters. The number of aliphatic hydroxyl groups is 1. The topological polar surface area (TPSA) is 78.9 Å². The van der Waals surface area contributed by atoms with Gasteiger partial charge in [0, 0.05) is 12.1 Å². The van der Waals surface area contributed by atoms with Crippen LogP contribution in [0.4, 0.5) is 0 Å². The van der Waals surface area contributed by atoms with Crippen LogP contribution in [-0.2, 0) is 11.3 Å². The first kappa shape index (κ1) is 22.1. The van der Waals surface area contributed by atoms with Crippen LogP contribution < -0.4 is 0 Å². The average Bonchev–Trinajstić information content (AvgIpc) is 3.28. The first-order valence-corrected chi connectivity index (χ1v) is 12.7. The molecule has 0 aromatic carbocycles. The van der Waals surface area contributed by atoms with E-state index < -0.39 is 5.60 Å². The summed E-state index contributed by atoms with van der Waals surface area (Å²) < 4.78 is 1.65. The highest BCUT2D eigenvalue weighted by atomic mass is 16.3. The van der Waals surface area contributed by atoms with Crippen LogP contribution in [-0.4, -0.2) is 26.3 Å². The van der Waals surface area contributed by atoms with Gasteiger partial charge in [0.15, 0.2) is 5.78 Å². The van der Waals surface area contributed by atoms with Crippen molar-refractivity contribution >= 4 is 5.78 Å². The fraction of sp³-hybridized carbons (Fsp3) is 0.815. The van der Waals surface area contributed by atoms with Crippen LogP contribution in [0.5, 0.6) is 0 Å². The van der Waals surface area contributed by atoms with Gasteiger partial charge >= 0.3 is 0 Å². The number of ketones is 1. The van der Waals surface area contributed by atoms with Gasteiger partial charge in [-0.25, -0.2) is 0 Å². The van der Waals surface area contributed by atoms with E-state index in [4.69, 9.17) is 5.26 Å². The van der Waals surface area contributed by atoms with Crippen LogP contribution in [0.3, 0.4) is 0 Å². The maximum atomic E-state index is 13.5. The van der Waals surface area contributed by atoms with Crippen molar-refractivity contribution in [2.45, 2.75) is 91.2 Å². The molecule has 5 rings (SSSR count). The summed E-state index contributed by atoms with van der Waals surface area (Å²) in [5, 5.41) is 24.0. The zero-order chi connectivity index (χ0) is 22.9. The molecule has 1 aromatic rings. The molecule has 0 radical (unpaired) electrons. The third-order valence-electron chi connectivity index (χ3n) is 10.7. The second kappa shape index (κ2) is 7.42. The maximum Gasteiger partial charge on any atom is 0.158 e. The van der Waals surface area contributed by atoms with Crippen molar-refractivity contribution < 1.29 is 9.90 Å². The average molecular weight is 438 g/mol. The summed E-state index contributed by atoms with van der Waals surface area (Å²) in [4.78, 5) is 13.5. The molecular weight excluding hydrogens is 398 g/mol. The summed E-state index contributed by atoms with van der Waals surface area (Å²) in [6.45, 7) is 9.53. The molecular formula is C27H39N3O2. The second-order valence-electron chi connectivity index (χ2n) is 12.6. The largest absolute Gasteiger partial charge is 0.390 e. The molecule has 0 saturated heterocycles. The lowest BCUT2D eigenvalue weighted by Crippen LogP contribution is -2.55. The molecule has 5 nitrogen and oxygen atoms in total. The van der Waals surface area contributed by atoms with Gasteiger partial charge in [-0.1, -0.05) is 20.8 Å². The number of nitriles is 1. The quantitative estimate of drug-likeness (QED) is 0.723. The smallest absolute Gasteiger partial charge is 0.158 e. The predicted molar refractivity (Wildman–Crippen MR) is 122 cm³/mol. The summed E-state index contributed by atoms with van der Waals surface area (Å²) in [5.74, 6) is 3.50. The number of carbonyl (C=O) groups excluding carboxylic acids is 1. The van der Waals surface area contributed by atoms with Crippen LogP contribution >= 0.6 is 0 Å². The number of nitrogens with zero attached hydrogens (tertiary/aromatic N) is 3. The second-order valence-corrected chi connectivity index (χ2v) is 12.6. The third-order valence-corrected chi connectivity index (χ3v) is 10.7. The third kappa shape index (κ3) is 3.28. The number of fused-ring (bicyclic) bond motifs is 5. The summed E-state index contributed by atoms with van der Waals surface area (Å²) in [5.41, 5.74) is 0.447. The Morgan fingerprint density at radius 2 is 1.97 bits per heavy atom. The van der Waals surface area contributed by atoms with E-state index in [2.05, 4.69) is 31.9 Å². The van der Waals surface area contributed by atoms with E-state index in [1.54, 1.807) is 17.1 Å². The number of hydrogen-bond donors (Lipinski definition) is 1. The molecule has 0 aliphatic heterocycles. The molecule has 2 unspecified atom stereocenters. The first-order valence-electron chi connectivity index (χ1n) is 12.7. The van der Waals surface area contributed by atoms with E-state index in [1.807, 2.05) is 6.92 Å². The van der Waals surface area contributed by atoms with Gasteiger partial charge in [-0.3, -0.25) is 9.48 Å². The Bertz CT molecular complexity index is 945. The Morgan fingerprint density at radius 1 is 1.19 bits per heavy atom. The molecule has 0 amide bonds. The Morgan fingerprint density at radius 3 is 2.69 bits per heavy atom. The van der Waals surface area contributed by atoms with Crippen LogP contribution in [0.1, 0.15) is 84.6 Å². The zero-order valence-electron chi connectivity index (χ0n) is 20.2. The summed E-state index contributed by atoms with van der Waals surface area (Å²) >= 11 is 0. The van der Waals surface area contributed by atoms with Gasteiger partial charge in [-0.2, -0.15) is 10.4 Å². The Hall–Kier alpha value is -1.67. The minimum atomic E-state index is -0.489. The van der Waals surface area contributed by atoms with Crippen LogP contribution in [0.2, 0.25) is 0 Å². The van der Waals surface area contributed by atoms with E-state index in [0.29, 0.717) is 40.4 Å². The minimum Gasteiger partial charge on any atom is -0.390 e. The van der Waals surface area contributed by atoms with Crippen molar-refractivity contribution in [1.82, 2.24) is 9.78 Å². The van der Waals surface area contributed by atoms with Crippen molar-refractivity contribution in [3.63, 3.8) is 0 Å². The lowest BCUT2D eigenvalue weighted by molar-refractivity contribution is -0.151. The normalized spacial score (nSPS) is 47.8. The standard InChI is InChI=1S/C27H39N3O2/c1-17-11-22-20-6-5-19-12-25(2,32)9-10-26(19,3)21(20)7-8-27(22,4)24(17)23(31)16-30-15-18(13-28)14-29-30/h14-15,17,19-22,24,32H,5-12,16H2,1-4H3/t17?,19-,20+,21-,22-,24?,25+,26-,27-/m0/s1. The Kier molecular flexibility index (Phi) is 5.13. The fourth-order valence-corrected chi connectivity index (χ4v) is 9.25. The lowest BCUT2D eigenvalue weighted by atomic mass is 9.44. The van der Waals surface area contributed by atoms with E-state index in [1.165, 1.54) is 19.3 Å². The van der Waals surface area contributed by atoms with Crippen LogP contribution in [0.15, 0.2) is 12.4 Å². The van der Waals surface area contributed by atoms with E-state index in [0.717, 1.165) is 38.0 Å². The van der Waals surface area contributed by atoms with Crippen molar-refractivity contribution in [3.8, 4) is 6.07 Å². The highest BCUT2D eigenvalue weighted by Crippen LogP contribution is 2.68. The van der Waals surface area contributed by atoms with Gasteiger partial charge in [0.05, 0.1) is 23.9 Å². The molecule has 1 aromatic heterocycles. The highest BCUT2D eigenvalue weighted by Gasteiger charge is 2.63. The van der Waals surface area contributed by atoms with E-state index in [-0.39, 0.29) is 17.9 Å². The van der Waals surface area contributed by atoms with Crippen molar-refractivity contribution in [2.24, 2.45) is 46.3 Å². The fourth-order valence-electron chi connectivity index (χ4n) is 9.25. The van der Waals surface area contributed by atoms with Crippen molar-refractivity contribution in [2.75, 3.05) is 0 Å². The summed E-state index contributed by atoms with van der Waals surface area (Å²) in [7, 11) is 0. The SMILES string of the molecule is CC1C[C@H]2[C@@H]3CC[C@H]4C[C@](C)(O)CC[C@]4(C)[C@H]3CC[C@]2(C)C1C(=O)Cn1cc(C#N)cn1. The van der Waals surface area contributed by atoms with Gasteiger partial charge in [0.1, 0.15) is 6.07 Å². The molecule has 5 heteroatoms. The number of hydrogen-bond acceptors (Lipinski definition) is 4. The molecule has 1 heterocycles. The van der Waals surface area contributed by atoms with Gasteiger partial charge in [-0.05, 0) is 98.7 Å². The molecule has 4 aliphatic rings. The number of aromatic nitrogens is 2.